The largest absolute Gasteiger partial charge is 0.496 e. The second-order valence-electron chi connectivity index (χ2n) is 5.39. The van der Waals surface area contributed by atoms with Crippen LogP contribution in [0.4, 0.5) is 0 Å². The number of likely N-dealkylation sites (N-methyl/N-ethyl adjacent to an activating group) is 1. The Morgan fingerprint density at radius 2 is 2.00 bits per heavy atom. The van der Waals surface area contributed by atoms with Crippen molar-refractivity contribution in [3.8, 4) is 5.75 Å². The maximum absolute atomic E-state index is 6.09. The lowest BCUT2D eigenvalue weighted by molar-refractivity contribution is 0.397. The molecule has 0 heterocycles. The molecule has 0 spiro atoms. The van der Waals surface area contributed by atoms with E-state index in [-0.39, 0.29) is 0 Å². The highest BCUT2D eigenvalue weighted by Gasteiger charge is 2.13. The lowest BCUT2D eigenvalue weighted by Crippen LogP contribution is -2.31. The molecule has 3 heteroatoms. The molecule has 0 bridgehead atoms. The lowest BCUT2D eigenvalue weighted by atomic mass is 9.97. The first-order valence-corrected chi connectivity index (χ1v) is 7.50. The van der Waals surface area contributed by atoms with Crippen LogP contribution in [0.2, 0.25) is 5.02 Å². The molecular weight excluding hydrogens is 258 g/mol. The van der Waals surface area contributed by atoms with Gasteiger partial charge in [0.1, 0.15) is 5.75 Å². The van der Waals surface area contributed by atoms with Crippen LogP contribution in [0.25, 0.3) is 0 Å². The van der Waals surface area contributed by atoms with Gasteiger partial charge in [-0.1, -0.05) is 32.4 Å². The molecule has 1 N–H and O–H groups in total. The summed E-state index contributed by atoms with van der Waals surface area (Å²) >= 11 is 6.09. The van der Waals surface area contributed by atoms with E-state index in [0.717, 1.165) is 29.7 Å². The van der Waals surface area contributed by atoms with Crippen LogP contribution < -0.4 is 10.1 Å². The van der Waals surface area contributed by atoms with Crippen molar-refractivity contribution in [1.82, 2.24) is 5.32 Å². The summed E-state index contributed by atoms with van der Waals surface area (Å²) < 4.78 is 5.42. The molecule has 1 aromatic carbocycles. The molecule has 1 rings (SSSR count). The summed E-state index contributed by atoms with van der Waals surface area (Å²) in [4.78, 5) is 0. The van der Waals surface area contributed by atoms with Gasteiger partial charge in [0.25, 0.3) is 0 Å². The van der Waals surface area contributed by atoms with E-state index in [1.54, 1.807) is 7.11 Å². The van der Waals surface area contributed by atoms with Crippen molar-refractivity contribution in [3.63, 3.8) is 0 Å². The van der Waals surface area contributed by atoms with E-state index in [1.165, 1.54) is 18.4 Å². The topological polar surface area (TPSA) is 21.3 Å². The van der Waals surface area contributed by atoms with E-state index < -0.39 is 0 Å². The molecule has 0 saturated carbocycles. The number of ether oxygens (including phenoxy) is 1. The molecule has 0 aliphatic carbocycles. The van der Waals surface area contributed by atoms with Crippen LogP contribution in [0.1, 0.15) is 39.2 Å². The highest BCUT2D eigenvalue weighted by atomic mass is 35.5. The van der Waals surface area contributed by atoms with Crippen LogP contribution in [0.3, 0.4) is 0 Å². The molecule has 0 radical (unpaired) electrons. The first-order chi connectivity index (χ1) is 9.06. The highest BCUT2D eigenvalue weighted by Crippen LogP contribution is 2.25. The molecule has 0 aromatic heterocycles. The van der Waals surface area contributed by atoms with Crippen molar-refractivity contribution >= 4 is 11.6 Å². The van der Waals surface area contributed by atoms with Crippen molar-refractivity contribution in [2.75, 3.05) is 13.7 Å². The van der Waals surface area contributed by atoms with Gasteiger partial charge >= 0.3 is 0 Å². The van der Waals surface area contributed by atoms with Gasteiger partial charge in [0.2, 0.25) is 0 Å². The molecule has 1 unspecified atom stereocenters. The van der Waals surface area contributed by atoms with Crippen LogP contribution in [-0.4, -0.2) is 19.7 Å². The molecule has 19 heavy (non-hydrogen) atoms. The third kappa shape index (κ3) is 5.84. The Balaban J connectivity index is 2.74. The monoisotopic (exact) mass is 283 g/mol. The fraction of sp³-hybridized carbons (Fsp3) is 0.625. The van der Waals surface area contributed by atoms with Crippen molar-refractivity contribution in [1.29, 1.82) is 0 Å². The summed E-state index contributed by atoms with van der Waals surface area (Å²) in [7, 11) is 1.71. The van der Waals surface area contributed by atoms with E-state index in [2.05, 4.69) is 26.1 Å². The Morgan fingerprint density at radius 1 is 1.26 bits per heavy atom. The number of rotatable bonds is 8. The molecule has 0 fully saturated rings. The third-order valence-corrected chi connectivity index (χ3v) is 3.53. The van der Waals surface area contributed by atoms with Crippen molar-refractivity contribution in [3.05, 3.63) is 28.8 Å². The molecule has 0 saturated heterocycles. The Hall–Kier alpha value is -0.730. The normalized spacial score (nSPS) is 12.7. The highest BCUT2D eigenvalue weighted by molar-refractivity contribution is 6.30. The van der Waals surface area contributed by atoms with Crippen molar-refractivity contribution < 1.29 is 4.74 Å². The number of methoxy groups -OCH3 is 1. The van der Waals surface area contributed by atoms with Gasteiger partial charge in [-0.05, 0) is 55.5 Å². The first kappa shape index (κ1) is 16.3. The van der Waals surface area contributed by atoms with Gasteiger partial charge < -0.3 is 10.1 Å². The van der Waals surface area contributed by atoms with Gasteiger partial charge in [-0.3, -0.25) is 0 Å². The number of benzene rings is 1. The zero-order chi connectivity index (χ0) is 14.3. The Morgan fingerprint density at radius 3 is 2.58 bits per heavy atom. The second kappa shape index (κ2) is 8.44. The molecule has 0 aliphatic heterocycles. The number of hydrogen-bond donors (Lipinski definition) is 1. The van der Waals surface area contributed by atoms with Gasteiger partial charge in [-0.2, -0.15) is 0 Å². The van der Waals surface area contributed by atoms with E-state index >= 15 is 0 Å². The fourth-order valence-electron chi connectivity index (χ4n) is 2.27. The minimum atomic E-state index is 0.486. The average molecular weight is 284 g/mol. The quantitative estimate of drug-likeness (QED) is 0.768. The van der Waals surface area contributed by atoms with Crippen LogP contribution in [0.5, 0.6) is 5.75 Å². The minimum absolute atomic E-state index is 0.486. The summed E-state index contributed by atoms with van der Waals surface area (Å²) in [5.74, 6) is 1.67. The van der Waals surface area contributed by atoms with E-state index in [0.29, 0.717) is 6.04 Å². The second-order valence-corrected chi connectivity index (χ2v) is 5.82. The van der Waals surface area contributed by atoms with Gasteiger partial charge in [-0.25, -0.2) is 0 Å². The summed E-state index contributed by atoms with van der Waals surface area (Å²) in [6, 6.07) is 6.32. The predicted molar refractivity (Wildman–Crippen MR) is 83.2 cm³/mol. The average Bonchev–Trinajstić information content (AvgIpc) is 2.36. The number of nitrogens with one attached hydrogen (secondary N) is 1. The van der Waals surface area contributed by atoms with E-state index in [4.69, 9.17) is 16.3 Å². The van der Waals surface area contributed by atoms with Gasteiger partial charge in [0, 0.05) is 11.1 Å². The zero-order valence-electron chi connectivity index (χ0n) is 12.5. The van der Waals surface area contributed by atoms with Crippen LogP contribution in [-0.2, 0) is 6.42 Å². The van der Waals surface area contributed by atoms with Crippen molar-refractivity contribution in [2.45, 2.75) is 46.1 Å². The molecule has 0 amide bonds. The zero-order valence-corrected chi connectivity index (χ0v) is 13.3. The van der Waals surface area contributed by atoms with Crippen molar-refractivity contribution in [2.24, 2.45) is 5.92 Å². The number of hydrogen-bond acceptors (Lipinski definition) is 2. The molecule has 108 valence electrons. The molecule has 1 atom stereocenters. The molecule has 2 nitrogen and oxygen atoms in total. The van der Waals surface area contributed by atoms with Gasteiger partial charge in [0.15, 0.2) is 0 Å². The van der Waals surface area contributed by atoms with E-state index in [9.17, 15) is 0 Å². The van der Waals surface area contributed by atoms with Gasteiger partial charge in [-0.15, -0.1) is 0 Å². The summed E-state index contributed by atoms with van der Waals surface area (Å²) in [6.45, 7) is 7.68. The van der Waals surface area contributed by atoms with Crippen LogP contribution >= 0.6 is 11.6 Å². The molecule has 0 aliphatic rings. The third-order valence-electron chi connectivity index (χ3n) is 3.29. The predicted octanol–water partition coefficient (Wildman–Crippen LogP) is 4.31. The Labute approximate surface area is 122 Å². The Bertz CT molecular complexity index is 379. The van der Waals surface area contributed by atoms with Crippen LogP contribution in [0, 0.1) is 5.92 Å². The maximum atomic E-state index is 6.09. The number of halogens is 1. The SMILES string of the molecule is CCNC(CCC(C)C)Cc1cc(Cl)ccc1OC. The maximum Gasteiger partial charge on any atom is 0.122 e. The molecule has 1 aromatic rings. The fourth-order valence-corrected chi connectivity index (χ4v) is 2.47. The summed E-state index contributed by atoms with van der Waals surface area (Å²) in [5.41, 5.74) is 1.18. The standard InChI is InChI=1S/C16H26ClNO/c1-5-18-15(8-6-12(2)3)11-13-10-14(17)7-9-16(13)19-4/h7,9-10,12,15,18H,5-6,8,11H2,1-4H3. The lowest BCUT2D eigenvalue weighted by Gasteiger charge is -2.20. The minimum Gasteiger partial charge on any atom is -0.496 e. The Kier molecular flexibility index (Phi) is 7.25. The summed E-state index contributed by atoms with van der Waals surface area (Å²) in [5, 5.41) is 4.33. The smallest absolute Gasteiger partial charge is 0.122 e. The van der Waals surface area contributed by atoms with E-state index in [1.807, 2.05) is 18.2 Å². The molecular formula is C16H26ClNO. The van der Waals surface area contributed by atoms with Gasteiger partial charge in [0.05, 0.1) is 7.11 Å². The van der Waals surface area contributed by atoms with Crippen LogP contribution in [0.15, 0.2) is 18.2 Å². The first-order valence-electron chi connectivity index (χ1n) is 7.12. The summed E-state index contributed by atoms with van der Waals surface area (Å²) in [6.07, 6.45) is 3.38.